The van der Waals surface area contributed by atoms with Crippen molar-refractivity contribution in [2.24, 2.45) is 0 Å². The molecule has 0 aromatic carbocycles. The molecular formula is C12H22N4O3. The first-order valence-corrected chi connectivity index (χ1v) is 6.04. The van der Waals surface area contributed by atoms with Crippen LogP contribution in [0, 0.1) is 0 Å². The molecule has 0 aliphatic heterocycles. The van der Waals surface area contributed by atoms with Crippen molar-refractivity contribution in [2.75, 3.05) is 38.4 Å². The van der Waals surface area contributed by atoms with Crippen molar-refractivity contribution < 1.29 is 14.6 Å². The van der Waals surface area contributed by atoms with Gasteiger partial charge in [-0.25, -0.2) is 9.97 Å². The predicted molar refractivity (Wildman–Crippen MR) is 72.8 cm³/mol. The van der Waals surface area contributed by atoms with Gasteiger partial charge in [-0.1, -0.05) is 0 Å². The van der Waals surface area contributed by atoms with Crippen molar-refractivity contribution in [1.82, 2.24) is 9.97 Å². The summed E-state index contributed by atoms with van der Waals surface area (Å²) in [5.41, 5.74) is 4.80. The van der Waals surface area contributed by atoms with E-state index in [1.54, 1.807) is 27.2 Å². The maximum absolute atomic E-state index is 10.1. The van der Waals surface area contributed by atoms with Crippen LogP contribution < -0.4 is 11.1 Å². The fraction of sp³-hybridized carbons (Fsp3) is 0.667. The molecule has 108 valence electrons. The maximum atomic E-state index is 10.1. The highest BCUT2D eigenvalue weighted by molar-refractivity contribution is 5.44. The summed E-state index contributed by atoms with van der Waals surface area (Å²) >= 11 is 0. The zero-order valence-electron chi connectivity index (χ0n) is 11.6. The monoisotopic (exact) mass is 270 g/mol. The number of hydrogen-bond donors (Lipinski definition) is 3. The average molecular weight is 270 g/mol. The lowest BCUT2D eigenvalue weighted by Gasteiger charge is -2.23. The van der Waals surface area contributed by atoms with Crippen molar-refractivity contribution in [3.63, 3.8) is 0 Å². The average Bonchev–Trinajstić information content (AvgIpc) is 2.34. The van der Waals surface area contributed by atoms with Gasteiger partial charge in [-0.2, -0.15) is 0 Å². The van der Waals surface area contributed by atoms with E-state index in [1.165, 1.54) is 0 Å². The second-order valence-electron chi connectivity index (χ2n) is 4.62. The third-order valence-electron chi connectivity index (χ3n) is 2.56. The lowest BCUT2D eigenvalue weighted by Crippen LogP contribution is -2.35. The standard InChI is InChI=1S/C12H22N4O3/c1-12(17,4-5-18-2)8-14-10-6-9(13)15-11(16-10)7-19-3/h6,17H,4-5,7-8H2,1-3H3,(H3,13,14,15,16). The summed E-state index contributed by atoms with van der Waals surface area (Å²) in [7, 11) is 3.17. The van der Waals surface area contributed by atoms with Crippen LogP contribution in [0.3, 0.4) is 0 Å². The number of hydrogen-bond acceptors (Lipinski definition) is 7. The van der Waals surface area contributed by atoms with E-state index in [0.717, 1.165) is 0 Å². The van der Waals surface area contributed by atoms with E-state index in [-0.39, 0.29) is 0 Å². The SMILES string of the molecule is COCCC(C)(O)CNc1cc(N)nc(COC)n1. The molecule has 0 saturated carbocycles. The maximum Gasteiger partial charge on any atom is 0.158 e. The Morgan fingerprint density at radius 3 is 2.74 bits per heavy atom. The number of methoxy groups -OCH3 is 2. The van der Waals surface area contributed by atoms with Gasteiger partial charge in [-0.3, -0.25) is 0 Å². The van der Waals surface area contributed by atoms with Gasteiger partial charge in [0.2, 0.25) is 0 Å². The van der Waals surface area contributed by atoms with Gasteiger partial charge in [0, 0.05) is 39.9 Å². The second-order valence-corrected chi connectivity index (χ2v) is 4.62. The Bertz CT molecular complexity index is 399. The Morgan fingerprint density at radius 1 is 1.37 bits per heavy atom. The third kappa shape index (κ3) is 5.82. The van der Waals surface area contributed by atoms with Gasteiger partial charge in [0.05, 0.1) is 5.60 Å². The van der Waals surface area contributed by atoms with E-state index in [2.05, 4.69) is 15.3 Å². The fourth-order valence-corrected chi connectivity index (χ4v) is 1.49. The Hall–Kier alpha value is -1.44. The molecule has 0 saturated heterocycles. The summed E-state index contributed by atoms with van der Waals surface area (Å²) in [6.07, 6.45) is 0.530. The van der Waals surface area contributed by atoms with Crippen LogP contribution >= 0.6 is 0 Å². The van der Waals surface area contributed by atoms with Crippen molar-refractivity contribution >= 4 is 11.6 Å². The Morgan fingerprint density at radius 2 is 2.11 bits per heavy atom. The van der Waals surface area contributed by atoms with Crippen LogP contribution in [0.25, 0.3) is 0 Å². The van der Waals surface area contributed by atoms with Crippen LogP contribution in [0.15, 0.2) is 6.07 Å². The third-order valence-corrected chi connectivity index (χ3v) is 2.56. The molecule has 0 bridgehead atoms. The number of nitrogens with two attached hydrogens (primary N) is 1. The summed E-state index contributed by atoms with van der Waals surface area (Å²) in [4.78, 5) is 8.27. The van der Waals surface area contributed by atoms with E-state index >= 15 is 0 Å². The number of aromatic nitrogens is 2. The number of nitrogens with one attached hydrogen (secondary N) is 1. The molecule has 0 aliphatic carbocycles. The zero-order chi connectivity index (χ0) is 14.3. The first kappa shape index (κ1) is 15.6. The summed E-state index contributed by atoms with van der Waals surface area (Å²) in [6, 6.07) is 1.62. The van der Waals surface area contributed by atoms with Crippen LogP contribution in [0.4, 0.5) is 11.6 Å². The summed E-state index contributed by atoms with van der Waals surface area (Å²) < 4.78 is 9.91. The lowest BCUT2D eigenvalue weighted by atomic mass is 10.0. The normalized spacial score (nSPS) is 14.1. The van der Waals surface area contributed by atoms with Crippen molar-refractivity contribution in [1.29, 1.82) is 0 Å². The molecule has 1 atom stereocenters. The molecule has 1 rings (SSSR count). The number of aliphatic hydroxyl groups is 1. The first-order chi connectivity index (χ1) is 8.96. The van der Waals surface area contributed by atoms with Crippen LogP contribution in [0.1, 0.15) is 19.2 Å². The lowest BCUT2D eigenvalue weighted by molar-refractivity contribution is 0.0357. The molecule has 1 aromatic heterocycles. The minimum absolute atomic E-state index is 0.291. The summed E-state index contributed by atoms with van der Waals surface area (Å²) in [6.45, 7) is 2.87. The molecule has 1 unspecified atom stereocenters. The van der Waals surface area contributed by atoms with E-state index in [0.29, 0.717) is 43.6 Å². The van der Waals surface area contributed by atoms with Crippen molar-refractivity contribution in [3.05, 3.63) is 11.9 Å². The second kappa shape index (κ2) is 7.22. The highest BCUT2D eigenvalue weighted by Crippen LogP contribution is 2.13. The van der Waals surface area contributed by atoms with E-state index in [1.807, 2.05) is 0 Å². The molecule has 0 fully saturated rings. The van der Waals surface area contributed by atoms with Gasteiger partial charge < -0.3 is 25.6 Å². The number of anilines is 2. The molecule has 1 aromatic rings. The Kier molecular flexibility index (Phi) is 5.94. The number of nitrogens with zero attached hydrogens (tertiary/aromatic N) is 2. The highest BCUT2D eigenvalue weighted by Gasteiger charge is 2.20. The minimum atomic E-state index is -0.878. The molecule has 0 radical (unpaired) electrons. The first-order valence-electron chi connectivity index (χ1n) is 6.04. The molecule has 0 spiro atoms. The number of rotatable bonds is 8. The quantitative estimate of drug-likeness (QED) is 0.628. The fourth-order valence-electron chi connectivity index (χ4n) is 1.49. The van der Waals surface area contributed by atoms with Gasteiger partial charge in [-0.15, -0.1) is 0 Å². The van der Waals surface area contributed by atoms with Crippen LogP contribution in [0.5, 0.6) is 0 Å². The van der Waals surface area contributed by atoms with Crippen LogP contribution in [-0.4, -0.2) is 48.0 Å². The van der Waals surface area contributed by atoms with Crippen molar-refractivity contribution in [3.8, 4) is 0 Å². The Balaban J connectivity index is 2.61. The van der Waals surface area contributed by atoms with E-state index in [9.17, 15) is 5.11 Å². The van der Waals surface area contributed by atoms with Crippen molar-refractivity contribution in [2.45, 2.75) is 25.6 Å². The molecule has 0 aliphatic rings. The molecule has 1 heterocycles. The molecule has 19 heavy (non-hydrogen) atoms. The van der Waals surface area contributed by atoms with Gasteiger partial charge >= 0.3 is 0 Å². The number of nitrogen functional groups attached to an aromatic ring is 1. The molecule has 0 amide bonds. The van der Waals surface area contributed by atoms with Crippen LogP contribution in [0.2, 0.25) is 0 Å². The summed E-state index contributed by atoms with van der Waals surface area (Å²) in [5, 5.41) is 13.1. The molecule has 7 nitrogen and oxygen atoms in total. The van der Waals surface area contributed by atoms with E-state index < -0.39 is 5.60 Å². The highest BCUT2D eigenvalue weighted by atomic mass is 16.5. The van der Waals surface area contributed by atoms with Gasteiger partial charge in [-0.05, 0) is 6.92 Å². The molecule has 4 N–H and O–H groups in total. The van der Waals surface area contributed by atoms with Gasteiger partial charge in [0.25, 0.3) is 0 Å². The topological polar surface area (TPSA) is 103 Å². The number of ether oxygens (including phenoxy) is 2. The van der Waals surface area contributed by atoms with Gasteiger partial charge in [0.15, 0.2) is 5.82 Å². The largest absolute Gasteiger partial charge is 0.388 e. The van der Waals surface area contributed by atoms with Crippen LogP contribution in [-0.2, 0) is 16.1 Å². The summed E-state index contributed by atoms with van der Waals surface area (Å²) in [5.74, 6) is 1.43. The smallest absolute Gasteiger partial charge is 0.158 e. The predicted octanol–water partition coefficient (Wildman–Crippen LogP) is 0.405. The molecular weight excluding hydrogens is 248 g/mol. The van der Waals surface area contributed by atoms with E-state index in [4.69, 9.17) is 15.2 Å². The van der Waals surface area contributed by atoms with Gasteiger partial charge in [0.1, 0.15) is 18.2 Å². The Labute approximate surface area is 113 Å². The zero-order valence-corrected chi connectivity index (χ0v) is 11.6. The molecule has 7 heteroatoms. The minimum Gasteiger partial charge on any atom is -0.388 e.